The van der Waals surface area contributed by atoms with Crippen molar-refractivity contribution in [3.63, 3.8) is 0 Å². The van der Waals surface area contributed by atoms with Gasteiger partial charge in [0.2, 0.25) is 5.91 Å². The third-order valence-corrected chi connectivity index (χ3v) is 7.74. The molecule has 4 aromatic rings. The van der Waals surface area contributed by atoms with E-state index in [9.17, 15) is 19.2 Å². The molecule has 0 spiro atoms. The van der Waals surface area contributed by atoms with E-state index in [4.69, 9.17) is 17.2 Å². The predicted molar refractivity (Wildman–Crippen MR) is 137 cm³/mol. The highest BCUT2D eigenvalue weighted by Crippen LogP contribution is 2.44. The lowest BCUT2D eigenvalue weighted by Gasteiger charge is -2.35. The Labute approximate surface area is 213 Å². The van der Waals surface area contributed by atoms with Crippen LogP contribution in [0.2, 0.25) is 0 Å². The summed E-state index contributed by atoms with van der Waals surface area (Å²) >= 11 is 0.856. The molecule has 6 N–H and O–H groups in total. The van der Waals surface area contributed by atoms with Crippen molar-refractivity contribution < 1.29 is 18.4 Å². The third-order valence-electron chi connectivity index (χ3n) is 6.72. The first kappa shape index (κ1) is 24.1. The number of primary amides is 1. The second kappa shape index (κ2) is 8.83. The lowest BCUT2D eigenvalue weighted by atomic mass is 9.85. The first-order valence-corrected chi connectivity index (χ1v) is 12.0. The average molecular weight is 519 g/mol. The molecule has 3 heterocycles. The molecule has 1 aliphatic heterocycles. The maximum Gasteiger partial charge on any atom is 0.254 e. The fourth-order valence-electron chi connectivity index (χ4n) is 4.99. The van der Waals surface area contributed by atoms with E-state index in [1.54, 1.807) is 25.3 Å². The van der Waals surface area contributed by atoms with Gasteiger partial charge in [0.15, 0.2) is 0 Å². The van der Waals surface area contributed by atoms with E-state index in [-0.39, 0.29) is 67.3 Å². The number of rotatable bonds is 4. The number of halogens is 2. The van der Waals surface area contributed by atoms with Gasteiger partial charge in [-0.05, 0) is 42.7 Å². The van der Waals surface area contributed by atoms with Gasteiger partial charge in [-0.3, -0.25) is 9.59 Å². The SMILES string of the molecule is C[C@@H](c1cccnc1N)N1CCc2c(cc(F)c(-c3ccc(F)c4sc(N)c(C#N)c34)c2C(N)=O)C1=O. The van der Waals surface area contributed by atoms with Gasteiger partial charge in [-0.2, -0.15) is 5.26 Å². The van der Waals surface area contributed by atoms with Crippen molar-refractivity contribution in [3.05, 3.63) is 76.0 Å². The molecule has 5 rings (SSSR count). The second-order valence-electron chi connectivity index (χ2n) is 8.65. The Morgan fingerprint density at radius 3 is 2.65 bits per heavy atom. The Kier molecular flexibility index (Phi) is 5.76. The summed E-state index contributed by atoms with van der Waals surface area (Å²) in [5, 5.41) is 9.80. The van der Waals surface area contributed by atoms with Gasteiger partial charge in [0.1, 0.15) is 28.5 Å². The highest BCUT2D eigenvalue weighted by atomic mass is 32.1. The van der Waals surface area contributed by atoms with Crippen LogP contribution in [0.15, 0.2) is 36.5 Å². The standard InChI is InChI=1S/C26H20F2N6O2S/c1-11(12-3-2-7-33-23(12)30)34-8-6-13-15(26(34)36)9-18(28)20(21(13)24(31)35)14-4-5-17(27)22-19(14)16(10-29)25(32)37-22/h2-5,7,9,11H,6,8,32H2,1H3,(H2,30,33)(H2,31,35)/t11-/m0/s1. The van der Waals surface area contributed by atoms with Crippen LogP contribution in [0, 0.1) is 23.0 Å². The van der Waals surface area contributed by atoms with Gasteiger partial charge in [-0.15, -0.1) is 11.3 Å². The van der Waals surface area contributed by atoms with Crippen molar-refractivity contribution in [2.24, 2.45) is 5.73 Å². The monoisotopic (exact) mass is 518 g/mol. The van der Waals surface area contributed by atoms with E-state index < -0.39 is 29.5 Å². The van der Waals surface area contributed by atoms with E-state index in [2.05, 4.69) is 4.98 Å². The third kappa shape index (κ3) is 3.65. The number of thiophene rings is 1. The summed E-state index contributed by atoms with van der Waals surface area (Å²) in [6.07, 6.45) is 1.75. The number of nitriles is 1. The van der Waals surface area contributed by atoms with Crippen molar-refractivity contribution >= 4 is 44.1 Å². The molecule has 1 aliphatic rings. The number of anilines is 2. The molecule has 2 amide bonds. The van der Waals surface area contributed by atoms with Gasteiger partial charge in [0, 0.05) is 34.8 Å². The molecule has 0 bridgehead atoms. The van der Waals surface area contributed by atoms with Crippen LogP contribution in [0.4, 0.5) is 19.6 Å². The smallest absolute Gasteiger partial charge is 0.254 e. The summed E-state index contributed by atoms with van der Waals surface area (Å²) in [6, 6.07) is 8.40. The minimum Gasteiger partial charge on any atom is -0.389 e. The van der Waals surface area contributed by atoms with E-state index in [0.29, 0.717) is 5.56 Å². The van der Waals surface area contributed by atoms with Crippen LogP contribution >= 0.6 is 11.3 Å². The molecule has 0 radical (unpaired) electrons. The fraction of sp³-hybridized carbons (Fsp3) is 0.154. The quantitative estimate of drug-likeness (QED) is 0.369. The molecule has 0 aliphatic carbocycles. The molecular weight excluding hydrogens is 498 g/mol. The van der Waals surface area contributed by atoms with Crippen molar-refractivity contribution in [2.45, 2.75) is 19.4 Å². The second-order valence-corrected chi connectivity index (χ2v) is 9.71. The number of hydrogen-bond donors (Lipinski definition) is 3. The van der Waals surface area contributed by atoms with E-state index in [1.165, 1.54) is 11.0 Å². The van der Waals surface area contributed by atoms with Crippen LogP contribution in [0.5, 0.6) is 0 Å². The molecule has 2 aromatic carbocycles. The van der Waals surface area contributed by atoms with E-state index >= 15 is 4.39 Å². The van der Waals surface area contributed by atoms with Gasteiger partial charge < -0.3 is 22.1 Å². The van der Waals surface area contributed by atoms with Gasteiger partial charge in [0.25, 0.3) is 5.91 Å². The highest BCUT2D eigenvalue weighted by molar-refractivity contribution is 7.23. The highest BCUT2D eigenvalue weighted by Gasteiger charge is 2.35. The van der Waals surface area contributed by atoms with Crippen LogP contribution in [-0.4, -0.2) is 28.2 Å². The summed E-state index contributed by atoms with van der Waals surface area (Å²) in [6.45, 7) is 2.00. The number of carbonyl (C=O) groups is 2. The van der Waals surface area contributed by atoms with Gasteiger partial charge in [-0.1, -0.05) is 12.1 Å². The summed E-state index contributed by atoms with van der Waals surface area (Å²) in [4.78, 5) is 31.8. The molecule has 2 aromatic heterocycles. The molecule has 8 nitrogen and oxygen atoms in total. The summed E-state index contributed by atoms with van der Waals surface area (Å²) in [7, 11) is 0. The molecule has 1 atom stereocenters. The van der Waals surface area contributed by atoms with Crippen molar-refractivity contribution in [2.75, 3.05) is 18.0 Å². The molecule has 11 heteroatoms. The minimum atomic E-state index is -0.948. The fourth-order valence-corrected chi connectivity index (χ4v) is 5.94. The van der Waals surface area contributed by atoms with Gasteiger partial charge >= 0.3 is 0 Å². The number of fused-ring (bicyclic) bond motifs is 2. The first-order chi connectivity index (χ1) is 17.6. The molecule has 0 fully saturated rings. The number of nitrogens with zero attached hydrogens (tertiary/aromatic N) is 3. The van der Waals surface area contributed by atoms with Crippen molar-refractivity contribution in [3.8, 4) is 17.2 Å². The average Bonchev–Trinajstić information content (AvgIpc) is 3.21. The first-order valence-electron chi connectivity index (χ1n) is 11.2. The Bertz CT molecular complexity index is 1680. The van der Waals surface area contributed by atoms with Crippen LogP contribution in [-0.2, 0) is 6.42 Å². The zero-order valence-electron chi connectivity index (χ0n) is 19.5. The Hall–Kier alpha value is -4.56. The maximum atomic E-state index is 15.8. The van der Waals surface area contributed by atoms with E-state index in [0.717, 1.165) is 23.5 Å². The van der Waals surface area contributed by atoms with Crippen molar-refractivity contribution in [1.82, 2.24) is 9.88 Å². The summed E-state index contributed by atoms with van der Waals surface area (Å²) in [5.74, 6) is -2.71. The number of benzene rings is 2. The number of pyridine rings is 1. The number of hydrogen-bond acceptors (Lipinski definition) is 7. The Morgan fingerprint density at radius 2 is 1.97 bits per heavy atom. The lowest BCUT2D eigenvalue weighted by molar-refractivity contribution is 0.0672. The summed E-state index contributed by atoms with van der Waals surface area (Å²) < 4.78 is 30.5. The van der Waals surface area contributed by atoms with Crippen molar-refractivity contribution in [1.29, 1.82) is 5.26 Å². The predicted octanol–water partition coefficient (Wildman–Crippen LogP) is 4.14. The molecule has 37 heavy (non-hydrogen) atoms. The topological polar surface area (TPSA) is 152 Å². The number of nitrogens with two attached hydrogens (primary N) is 3. The number of amides is 2. The zero-order chi connectivity index (χ0) is 26.6. The largest absolute Gasteiger partial charge is 0.389 e. The van der Waals surface area contributed by atoms with Crippen LogP contribution in [0.25, 0.3) is 21.2 Å². The number of aromatic nitrogens is 1. The van der Waals surface area contributed by atoms with E-state index in [1.807, 2.05) is 6.07 Å². The van der Waals surface area contributed by atoms with Crippen LogP contribution < -0.4 is 17.2 Å². The molecule has 186 valence electrons. The summed E-state index contributed by atoms with van der Waals surface area (Å²) in [5.41, 5.74) is 18.3. The molecule has 0 saturated heterocycles. The van der Waals surface area contributed by atoms with Crippen LogP contribution in [0.1, 0.15) is 50.4 Å². The van der Waals surface area contributed by atoms with Gasteiger partial charge in [-0.25, -0.2) is 13.8 Å². The zero-order valence-corrected chi connectivity index (χ0v) is 20.3. The lowest BCUT2D eigenvalue weighted by Crippen LogP contribution is -2.40. The molecule has 0 saturated carbocycles. The molecular formula is C26H20F2N6O2S. The normalized spacial score (nSPS) is 13.9. The Balaban J connectivity index is 1.71. The number of nitrogen functional groups attached to an aromatic ring is 2. The Morgan fingerprint density at radius 1 is 1.22 bits per heavy atom. The number of carbonyl (C=O) groups excluding carboxylic acids is 2. The molecule has 0 unspecified atom stereocenters. The van der Waals surface area contributed by atoms with Gasteiger partial charge in [0.05, 0.1) is 21.9 Å². The van der Waals surface area contributed by atoms with Crippen LogP contribution in [0.3, 0.4) is 0 Å². The minimum absolute atomic E-state index is 0.000642. The maximum absolute atomic E-state index is 15.8.